The number of phosphoric ester groups is 2. The van der Waals surface area contributed by atoms with Crippen LogP contribution in [-0.2, 0) is 65.4 Å². The quantitative estimate of drug-likeness (QED) is 0.0222. The maximum absolute atomic E-state index is 13.1. The highest BCUT2D eigenvalue weighted by molar-refractivity contribution is 7.47. The van der Waals surface area contributed by atoms with Gasteiger partial charge in [0.2, 0.25) is 0 Å². The normalized spacial score (nSPS) is 14.5. The Balaban J connectivity index is 5.21. The maximum Gasteiger partial charge on any atom is 0.472 e. The van der Waals surface area contributed by atoms with Gasteiger partial charge in [0.05, 0.1) is 26.4 Å². The van der Waals surface area contributed by atoms with Crippen LogP contribution in [0.2, 0.25) is 0 Å². The summed E-state index contributed by atoms with van der Waals surface area (Å²) in [4.78, 5) is 73.2. The Morgan fingerprint density at radius 3 is 0.683 bits per heavy atom. The smallest absolute Gasteiger partial charge is 0.462 e. The topological polar surface area (TPSA) is 237 Å². The number of carbonyl (C=O) groups is 4. The van der Waals surface area contributed by atoms with Gasteiger partial charge in [-0.3, -0.25) is 37.3 Å². The van der Waals surface area contributed by atoms with Crippen molar-refractivity contribution in [2.75, 3.05) is 39.6 Å². The van der Waals surface area contributed by atoms with Crippen LogP contribution >= 0.6 is 15.6 Å². The van der Waals surface area contributed by atoms with Gasteiger partial charge < -0.3 is 33.8 Å². The lowest BCUT2D eigenvalue weighted by molar-refractivity contribution is -0.161. The standard InChI is InChI=1S/C85H166O17P2/c1-9-77(7)63-55-47-39-33-27-21-15-13-11-12-14-16-22-29-35-41-51-59-67-85(90)102-81(72-96-83(88)66-58-50-44-43-48-56-64-78(8)10-2)74-100-104(93,94)98-70-79(86)69-97-103(91,92)99-73-80(101-84(89)68-60-52-42-36-30-24-18-20-26-32-38-46-54-62-76(5)6)71-95-82(87)65-57-49-40-34-28-23-17-19-25-31-37-45-53-61-75(3)4/h75-81,86H,9-74H2,1-8H3,(H,91,92)(H,93,94)/t77?,78?,79-,80-,81-/m1/s1. The number of phosphoric acid groups is 2. The molecule has 0 aromatic carbocycles. The van der Waals surface area contributed by atoms with Gasteiger partial charge in [-0.05, 0) is 49.4 Å². The van der Waals surface area contributed by atoms with Crippen molar-refractivity contribution in [3.8, 4) is 0 Å². The summed E-state index contributed by atoms with van der Waals surface area (Å²) >= 11 is 0. The SMILES string of the molecule is CCC(C)CCCCCCCCCCCCCCCCCCCCC(=O)O[C@H](COC(=O)CCCCCCCCC(C)CC)COP(=O)(O)OC[C@H](O)COP(=O)(O)OC[C@@H](COC(=O)CCCCCCCCCCCCCCCC(C)C)OC(=O)CCCCCCCCCCCCCCCC(C)C. The number of carbonyl (C=O) groups excluding carboxylic acids is 4. The van der Waals surface area contributed by atoms with Crippen molar-refractivity contribution in [1.29, 1.82) is 0 Å². The molecule has 0 heterocycles. The van der Waals surface area contributed by atoms with Gasteiger partial charge in [-0.2, -0.15) is 0 Å². The van der Waals surface area contributed by atoms with Gasteiger partial charge in [0.1, 0.15) is 19.3 Å². The molecule has 0 bridgehead atoms. The minimum Gasteiger partial charge on any atom is -0.462 e. The van der Waals surface area contributed by atoms with E-state index < -0.39 is 97.5 Å². The van der Waals surface area contributed by atoms with E-state index in [0.717, 1.165) is 120 Å². The van der Waals surface area contributed by atoms with E-state index in [9.17, 15) is 43.2 Å². The number of aliphatic hydroxyl groups is 1. The summed E-state index contributed by atoms with van der Waals surface area (Å²) in [6.45, 7) is 14.3. The average molecular weight is 1520 g/mol. The van der Waals surface area contributed by atoms with Crippen LogP contribution in [0.15, 0.2) is 0 Å². The molecule has 0 saturated heterocycles. The van der Waals surface area contributed by atoms with Gasteiger partial charge in [-0.1, -0.05) is 389 Å². The number of unbranched alkanes of at least 4 members (excludes halogenated alkanes) is 46. The van der Waals surface area contributed by atoms with Crippen LogP contribution in [0.1, 0.15) is 441 Å². The first-order chi connectivity index (χ1) is 50.2. The molecule has 0 radical (unpaired) electrons. The van der Waals surface area contributed by atoms with Crippen LogP contribution in [-0.4, -0.2) is 96.7 Å². The van der Waals surface area contributed by atoms with E-state index in [0.29, 0.717) is 25.7 Å². The molecule has 0 aromatic heterocycles. The summed E-state index contributed by atoms with van der Waals surface area (Å²) in [5.41, 5.74) is 0. The Morgan fingerprint density at radius 2 is 0.462 bits per heavy atom. The number of aliphatic hydroxyl groups excluding tert-OH is 1. The summed E-state index contributed by atoms with van der Waals surface area (Å²) in [5, 5.41) is 10.7. The van der Waals surface area contributed by atoms with Crippen molar-refractivity contribution < 1.29 is 80.2 Å². The van der Waals surface area contributed by atoms with Crippen LogP contribution in [0.4, 0.5) is 0 Å². The second-order valence-corrected chi connectivity index (χ2v) is 34.9. The molecular formula is C85H166O17P2. The van der Waals surface area contributed by atoms with E-state index in [4.69, 9.17) is 37.0 Å². The fraction of sp³-hybridized carbons (Fsp3) is 0.953. The number of hydrogen-bond acceptors (Lipinski definition) is 15. The van der Waals surface area contributed by atoms with E-state index >= 15 is 0 Å². The van der Waals surface area contributed by atoms with Gasteiger partial charge in [0.15, 0.2) is 12.2 Å². The number of esters is 4. The van der Waals surface area contributed by atoms with Crippen LogP contribution in [0.3, 0.4) is 0 Å². The molecule has 7 atom stereocenters. The van der Waals surface area contributed by atoms with Crippen LogP contribution in [0.5, 0.6) is 0 Å². The van der Waals surface area contributed by atoms with Crippen molar-refractivity contribution in [3.05, 3.63) is 0 Å². The summed E-state index contributed by atoms with van der Waals surface area (Å²) < 4.78 is 68.8. The summed E-state index contributed by atoms with van der Waals surface area (Å²) in [6, 6.07) is 0. The summed E-state index contributed by atoms with van der Waals surface area (Å²) in [7, 11) is -9.93. The minimum atomic E-state index is -4.96. The summed E-state index contributed by atoms with van der Waals surface area (Å²) in [6.07, 6.45) is 62.5. The first-order valence-corrected chi connectivity index (χ1v) is 46.8. The molecular weight excluding hydrogens is 1350 g/mol. The Labute approximate surface area is 638 Å². The highest BCUT2D eigenvalue weighted by atomic mass is 31.2. The van der Waals surface area contributed by atoms with Crippen molar-refractivity contribution in [2.45, 2.75) is 459 Å². The van der Waals surface area contributed by atoms with Gasteiger partial charge in [0.25, 0.3) is 0 Å². The molecule has 104 heavy (non-hydrogen) atoms. The zero-order valence-corrected chi connectivity index (χ0v) is 70.5. The Morgan fingerprint density at radius 1 is 0.269 bits per heavy atom. The molecule has 618 valence electrons. The first-order valence-electron chi connectivity index (χ1n) is 43.8. The minimum absolute atomic E-state index is 0.107. The molecule has 0 fully saturated rings. The number of ether oxygens (including phenoxy) is 4. The Kier molecular flexibility index (Phi) is 72.5. The second-order valence-electron chi connectivity index (χ2n) is 32.0. The fourth-order valence-electron chi connectivity index (χ4n) is 13.1. The molecule has 4 unspecified atom stereocenters. The number of hydrogen-bond donors (Lipinski definition) is 3. The van der Waals surface area contributed by atoms with Gasteiger partial charge in [-0.15, -0.1) is 0 Å². The van der Waals surface area contributed by atoms with E-state index in [1.54, 1.807) is 0 Å². The van der Waals surface area contributed by atoms with Gasteiger partial charge >= 0.3 is 39.5 Å². The summed E-state index contributed by atoms with van der Waals surface area (Å²) in [5.74, 6) is 1.07. The van der Waals surface area contributed by atoms with Crippen LogP contribution in [0, 0.1) is 23.7 Å². The van der Waals surface area contributed by atoms with E-state index in [-0.39, 0.29) is 25.7 Å². The molecule has 0 rings (SSSR count). The van der Waals surface area contributed by atoms with Crippen molar-refractivity contribution in [3.63, 3.8) is 0 Å². The van der Waals surface area contributed by atoms with Crippen molar-refractivity contribution >= 4 is 39.5 Å². The lowest BCUT2D eigenvalue weighted by Crippen LogP contribution is -2.30. The van der Waals surface area contributed by atoms with E-state index in [1.165, 1.54) is 238 Å². The average Bonchev–Trinajstić information content (AvgIpc) is 0.990. The van der Waals surface area contributed by atoms with Gasteiger partial charge in [0, 0.05) is 25.7 Å². The second kappa shape index (κ2) is 73.8. The molecule has 0 saturated carbocycles. The lowest BCUT2D eigenvalue weighted by Gasteiger charge is -2.21. The fourth-order valence-corrected chi connectivity index (χ4v) is 14.7. The largest absolute Gasteiger partial charge is 0.472 e. The molecule has 0 aromatic rings. The maximum atomic E-state index is 13.1. The molecule has 0 aliphatic carbocycles. The molecule has 0 aliphatic rings. The lowest BCUT2D eigenvalue weighted by atomic mass is 9.99. The van der Waals surface area contributed by atoms with Crippen LogP contribution in [0.25, 0.3) is 0 Å². The monoisotopic (exact) mass is 1520 g/mol. The zero-order chi connectivity index (χ0) is 76.7. The predicted octanol–water partition coefficient (Wildman–Crippen LogP) is 25.6. The first kappa shape index (κ1) is 102. The molecule has 0 aliphatic heterocycles. The van der Waals surface area contributed by atoms with Gasteiger partial charge in [-0.25, -0.2) is 9.13 Å². The Hall–Kier alpha value is -1.94. The van der Waals surface area contributed by atoms with Crippen molar-refractivity contribution in [2.24, 2.45) is 23.7 Å². The number of rotatable bonds is 82. The third-order valence-corrected chi connectivity index (χ3v) is 22.4. The molecule has 0 amide bonds. The van der Waals surface area contributed by atoms with E-state index in [1.807, 2.05) is 0 Å². The predicted molar refractivity (Wildman–Crippen MR) is 428 cm³/mol. The highest BCUT2D eigenvalue weighted by Crippen LogP contribution is 2.45. The van der Waals surface area contributed by atoms with Crippen molar-refractivity contribution in [1.82, 2.24) is 0 Å². The van der Waals surface area contributed by atoms with Crippen LogP contribution < -0.4 is 0 Å². The molecule has 0 spiro atoms. The third kappa shape index (κ3) is 75.5. The van der Waals surface area contributed by atoms with E-state index in [2.05, 4.69) is 55.4 Å². The molecule has 17 nitrogen and oxygen atoms in total. The zero-order valence-electron chi connectivity index (χ0n) is 68.7. The third-order valence-electron chi connectivity index (χ3n) is 20.5. The molecule has 3 N–H and O–H groups in total. The molecule has 19 heteroatoms. The highest BCUT2D eigenvalue weighted by Gasteiger charge is 2.30. The Bertz CT molecular complexity index is 2030.